The largest absolute Gasteiger partial charge is 0.480 e. The predicted molar refractivity (Wildman–Crippen MR) is 65.7 cm³/mol. The van der Waals surface area contributed by atoms with Crippen molar-refractivity contribution < 1.29 is 19.2 Å². The molecule has 0 unspecified atom stereocenters. The second-order valence-corrected chi connectivity index (χ2v) is 4.73. The standard InChI is InChI=1S/C12H13N3O4/c1-6-8-4-7(5-13-10(8)19-15-6)9(16)14-12(2,3)11(17)18/h4-5H,1-3H3,(H,14,16)(H,17,18). The molecule has 0 bridgehead atoms. The normalized spacial score (nSPS) is 11.5. The Morgan fingerprint density at radius 3 is 2.74 bits per heavy atom. The molecular formula is C12H13N3O4. The van der Waals surface area contributed by atoms with Gasteiger partial charge in [-0.2, -0.15) is 0 Å². The SMILES string of the molecule is Cc1noc2ncc(C(=O)NC(C)(C)C(=O)O)cc12. The van der Waals surface area contributed by atoms with Crippen molar-refractivity contribution in [2.24, 2.45) is 0 Å². The van der Waals surface area contributed by atoms with E-state index in [4.69, 9.17) is 9.63 Å². The van der Waals surface area contributed by atoms with Gasteiger partial charge in [0.25, 0.3) is 11.6 Å². The number of aliphatic carboxylic acids is 1. The second kappa shape index (κ2) is 4.34. The quantitative estimate of drug-likeness (QED) is 0.859. The van der Waals surface area contributed by atoms with E-state index in [1.165, 1.54) is 20.0 Å². The highest BCUT2D eigenvalue weighted by Crippen LogP contribution is 2.17. The van der Waals surface area contributed by atoms with Crippen molar-refractivity contribution in [2.75, 3.05) is 0 Å². The molecule has 7 nitrogen and oxygen atoms in total. The first-order chi connectivity index (χ1) is 8.81. The second-order valence-electron chi connectivity index (χ2n) is 4.73. The molecule has 2 heterocycles. The minimum atomic E-state index is -1.35. The molecule has 7 heteroatoms. The van der Waals surface area contributed by atoms with Gasteiger partial charge in [0, 0.05) is 6.20 Å². The monoisotopic (exact) mass is 263 g/mol. The van der Waals surface area contributed by atoms with Crippen LogP contribution in [0.15, 0.2) is 16.8 Å². The molecule has 2 aromatic rings. The summed E-state index contributed by atoms with van der Waals surface area (Å²) in [4.78, 5) is 26.9. The van der Waals surface area contributed by atoms with E-state index in [1.807, 2.05) is 0 Å². The van der Waals surface area contributed by atoms with Crippen LogP contribution in [-0.4, -0.2) is 32.7 Å². The molecule has 2 N–H and O–H groups in total. The van der Waals surface area contributed by atoms with Crippen molar-refractivity contribution in [1.82, 2.24) is 15.5 Å². The molecule has 0 saturated carbocycles. The molecule has 0 saturated heterocycles. The number of nitrogens with one attached hydrogen (secondary N) is 1. The van der Waals surface area contributed by atoms with Gasteiger partial charge in [-0.3, -0.25) is 4.79 Å². The molecule has 19 heavy (non-hydrogen) atoms. The van der Waals surface area contributed by atoms with Crippen LogP contribution in [0.2, 0.25) is 0 Å². The molecule has 100 valence electrons. The molecule has 0 aromatic carbocycles. The van der Waals surface area contributed by atoms with Gasteiger partial charge in [0.15, 0.2) is 0 Å². The summed E-state index contributed by atoms with van der Waals surface area (Å²) < 4.78 is 4.94. The van der Waals surface area contributed by atoms with E-state index in [2.05, 4.69) is 15.5 Å². The number of carboxylic acids is 1. The number of aryl methyl sites for hydroxylation is 1. The maximum Gasteiger partial charge on any atom is 0.328 e. The van der Waals surface area contributed by atoms with Gasteiger partial charge in [0.1, 0.15) is 5.54 Å². The zero-order chi connectivity index (χ0) is 14.2. The number of pyridine rings is 1. The van der Waals surface area contributed by atoms with Gasteiger partial charge in [-0.05, 0) is 26.8 Å². The van der Waals surface area contributed by atoms with E-state index in [-0.39, 0.29) is 5.56 Å². The number of carbonyl (C=O) groups is 2. The van der Waals surface area contributed by atoms with Crippen molar-refractivity contribution in [3.8, 4) is 0 Å². The van der Waals surface area contributed by atoms with Gasteiger partial charge < -0.3 is 14.9 Å². The van der Waals surface area contributed by atoms with Crippen molar-refractivity contribution in [3.05, 3.63) is 23.5 Å². The molecule has 2 rings (SSSR count). The molecule has 0 aliphatic rings. The van der Waals surface area contributed by atoms with Crippen molar-refractivity contribution >= 4 is 23.0 Å². The lowest BCUT2D eigenvalue weighted by molar-refractivity contribution is -0.143. The average molecular weight is 263 g/mol. The third-order valence-corrected chi connectivity index (χ3v) is 2.73. The molecule has 2 aromatic heterocycles. The van der Waals surface area contributed by atoms with Gasteiger partial charge in [0.05, 0.1) is 16.6 Å². The fourth-order valence-corrected chi connectivity index (χ4v) is 1.48. The summed E-state index contributed by atoms with van der Waals surface area (Å²) in [5.41, 5.74) is -0.134. The molecule has 0 fully saturated rings. The van der Waals surface area contributed by atoms with Crippen LogP contribution in [0.25, 0.3) is 11.1 Å². The molecule has 0 radical (unpaired) electrons. The first kappa shape index (κ1) is 13.0. The summed E-state index contributed by atoms with van der Waals surface area (Å²) >= 11 is 0. The van der Waals surface area contributed by atoms with Crippen LogP contribution in [0.3, 0.4) is 0 Å². The average Bonchev–Trinajstić information content (AvgIpc) is 2.70. The lowest BCUT2D eigenvalue weighted by atomic mass is 10.1. The number of hydrogen-bond acceptors (Lipinski definition) is 5. The van der Waals surface area contributed by atoms with Crippen LogP contribution in [-0.2, 0) is 4.79 Å². The fourth-order valence-electron chi connectivity index (χ4n) is 1.48. The number of fused-ring (bicyclic) bond motifs is 1. The highest BCUT2D eigenvalue weighted by molar-refractivity contribution is 5.99. The predicted octanol–water partition coefficient (Wildman–Crippen LogP) is 1.12. The minimum absolute atomic E-state index is 0.258. The van der Waals surface area contributed by atoms with Crippen LogP contribution in [0.1, 0.15) is 29.9 Å². The molecule has 0 aliphatic carbocycles. The minimum Gasteiger partial charge on any atom is -0.480 e. The smallest absolute Gasteiger partial charge is 0.328 e. The third-order valence-electron chi connectivity index (χ3n) is 2.73. The Balaban J connectivity index is 2.31. The van der Waals surface area contributed by atoms with Gasteiger partial charge in [-0.25, -0.2) is 9.78 Å². The maximum atomic E-state index is 12.0. The summed E-state index contributed by atoms with van der Waals surface area (Å²) in [6, 6.07) is 1.57. The Hall–Kier alpha value is -2.44. The van der Waals surface area contributed by atoms with E-state index < -0.39 is 17.4 Å². The van der Waals surface area contributed by atoms with E-state index >= 15 is 0 Å². The van der Waals surface area contributed by atoms with Gasteiger partial charge >= 0.3 is 5.97 Å². The van der Waals surface area contributed by atoms with Crippen LogP contribution < -0.4 is 5.32 Å². The summed E-state index contributed by atoms with van der Waals surface area (Å²) in [6.07, 6.45) is 1.32. The number of amides is 1. The summed E-state index contributed by atoms with van der Waals surface area (Å²) in [6.45, 7) is 4.55. The van der Waals surface area contributed by atoms with Crippen LogP contribution in [0, 0.1) is 6.92 Å². The van der Waals surface area contributed by atoms with Crippen LogP contribution >= 0.6 is 0 Å². The van der Waals surface area contributed by atoms with E-state index in [9.17, 15) is 9.59 Å². The fraction of sp³-hybridized carbons (Fsp3) is 0.333. The lowest BCUT2D eigenvalue weighted by Gasteiger charge is -2.20. The Morgan fingerprint density at radius 1 is 1.42 bits per heavy atom. The topological polar surface area (TPSA) is 105 Å². The molecule has 0 aliphatic heterocycles. The summed E-state index contributed by atoms with van der Waals surface area (Å²) in [7, 11) is 0. The lowest BCUT2D eigenvalue weighted by Crippen LogP contribution is -2.49. The number of carbonyl (C=O) groups excluding carboxylic acids is 1. The van der Waals surface area contributed by atoms with Gasteiger partial charge in [0.2, 0.25) is 0 Å². The highest BCUT2D eigenvalue weighted by atomic mass is 16.5. The molecule has 0 atom stereocenters. The molecule has 0 spiro atoms. The van der Waals surface area contributed by atoms with E-state index in [0.717, 1.165) is 0 Å². The Bertz CT molecular complexity index is 660. The van der Waals surface area contributed by atoms with Crippen molar-refractivity contribution in [1.29, 1.82) is 0 Å². The summed E-state index contributed by atoms with van der Waals surface area (Å²) in [5.74, 6) is -1.63. The number of nitrogens with zero attached hydrogens (tertiary/aromatic N) is 2. The first-order valence-electron chi connectivity index (χ1n) is 5.59. The highest BCUT2D eigenvalue weighted by Gasteiger charge is 2.29. The van der Waals surface area contributed by atoms with Crippen molar-refractivity contribution in [2.45, 2.75) is 26.3 Å². The zero-order valence-electron chi connectivity index (χ0n) is 10.7. The van der Waals surface area contributed by atoms with E-state index in [0.29, 0.717) is 16.8 Å². The molecule has 1 amide bonds. The van der Waals surface area contributed by atoms with Gasteiger partial charge in [-0.15, -0.1) is 0 Å². The summed E-state index contributed by atoms with van der Waals surface area (Å²) in [5, 5.41) is 15.7. The maximum absolute atomic E-state index is 12.0. The number of rotatable bonds is 3. The number of carboxylic acid groups (broad SMARTS) is 1. The molecular weight excluding hydrogens is 250 g/mol. The number of hydrogen-bond donors (Lipinski definition) is 2. The zero-order valence-corrected chi connectivity index (χ0v) is 10.7. The van der Waals surface area contributed by atoms with Crippen molar-refractivity contribution in [3.63, 3.8) is 0 Å². The Kier molecular flexibility index (Phi) is 2.97. The Morgan fingerprint density at radius 2 is 2.11 bits per heavy atom. The van der Waals surface area contributed by atoms with Crippen LogP contribution in [0.4, 0.5) is 0 Å². The first-order valence-corrected chi connectivity index (χ1v) is 5.59. The van der Waals surface area contributed by atoms with Crippen LogP contribution in [0.5, 0.6) is 0 Å². The van der Waals surface area contributed by atoms with Gasteiger partial charge in [-0.1, -0.05) is 5.16 Å². The van der Waals surface area contributed by atoms with E-state index in [1.54, 1.807) is 13.0 Å². The number of aromatic nitrogens is 2. The Labute approximate surface area is 108 Å². The third kappa shape index (κ3) is 2.40.